The van der Waals surface area contributed by atoms with Gasteiger partial charge in [0.15, 0.2) is 5.78 Å². The third kappa shape index (κ3) is 4.16. The number of hydrogen-bond acceptors (Lipinski definition) is 4. The summed E-state index contributed by atoms with van der Waals surface area (Å²) in [6.45, 7) is 0.581. The lowest BCUT2D eigenvalue weighted by Gasteiger charge is -2.11. The minimum Gasteiger partial charge on any atom is -0.385 e. The summed E-state index contributed by atoms with van der Waals surface area (Å²) in [5.41, 5.74) is 1.56. The van der Waals surface area contributed by atoms with Gasteiger partial charge in [0.1, 0.15) is 0 Å². The Bertz CT molecular complexity index is 604. The zero-order valence-corrected chi connectivity index (χ0v) is 12.9. The van der Waals surface area contributed by atoms with Gasteiger partial charge in [-0.1, -0.05) is 6.07 Å². The number of Topliss-reactive ketones (excluding diaryl/α,β-unsaturated/α-hetero) is 1. The Morgan fingerprint density at radius 1 is 1.14 bits per heavy atom. The maximum Gasteiger partial charge on any atom is 0.253 e. The number of benzene rings is 1. The average Bonchev–Trinajstić information content (AvgIpc) is 3.01. The summed E-state index contributed by atoms with van der Waals surface area (Å²) < 4.78 is 0. The Morgan fingerprint density at radius 2 is 1.86 bits per heavy atom. The van der Waals surface area contributed by atoms with Crippen LogP contribution in [0.5, 0.6) is 0 Å². The van der Waals surface area contributed by atoms with Crippen molar-refractivity contribution in [2.45, 2.75) is 6.42 Å². The van der Waals surface area contributed by atoms with Gasteiger partial charge in [0, 0.05) is 38.3 Å². The molecule has 0 spiro atoms. The molecule has 0 radical (unpaired) electrons. The number of hydrogen-bond donors (Lipinski definition) is 1. The van der Waals surface area contributed by atoms with Crippen molar-refractivity contribution in [3.05, 3.63) is 52.2 Å². The van der Waals surface area contributed by atoms with Crippen LogP contribution in [0.25, 0.3) is 0 Å². The van der Waals surface area contributed by atoms with Crippen LogP contribution in [0.1, 0.15) is 26.5 Å². The Morgan fingerprint density at radius 3 is 2.43 bits per heavy atom. The number of carbonyl (C=O) groups is 2. The number of thiophene rings is 1. The van der Waals surface area contributed by atoms with E-state index in [1.807, 2.05) is 29.6 Å². The predicted octanol–water partition coefficient (Wildman–Crippen LogP) is 3.13. The van der Waals surface area contributed by atoms with E-state index in [1.165, 1.54) is 11.3 Å². The molecule has 0 bridgehead atoms. The van der Waals surface area contributed by atoms with Crippen molar-refractivity contribution < 1.29 is 9.59 Å². The lowest BCUT2D eigenvalue weighted by molar-refractivity contribution is 0.0827. The van der Waals surface area contributed by atoms with E-state index in [1.54, 1.807) is 31.1 Å². The number of anilines is 1. The Balaban J connectivity index is 1.84. The van der Waals surface area contributed by atoms with Crippen molar-refractivity contribution in [3.8, 4) is 0 Å². The van der Waals surface area contributed by atoms with Crippen molar-refractivity contribution in [1.29, 1.82) is 0 Å². The SMILES string of the molecule is CN(C)C(=O)c1ccc(NCCC(=O)c2cccs2)cc1. The van der Waals surface area contributed by atoms with Crippen LogP contribution in [0.15, 0.2) is 41.8 Å². The molecule has 2 aromatic rings. The number of nitrogens with zero attached hydrogens (tertiary/aromatic N) is 1. The van der Waals surface area contributed by atoms with Crippen molar-refractivity contribution in [1.82, 2.24) is 4.90 Å². The van der Waals surface area contributed by atoms with E-state index in [2.05, 4.69) is 5.32 Å². The second kappa shape index (κ2) is 7.04. The first-order chi connectivity index (χ1) is 10.1. The molecule has 0 saturated carbocycles. The summed E-state index contributed by atoms with van der Waals surface area (Å²) in [6.07, 6.45) is 0.457. The summed E-state index contributed by atoms with van der Waals surface area (Å²) in [4.78, 5) is 25.9. The zero-order valence-electron chi connectivity index (χ0n) is 12.1. The second-order valence-corrected chi connectivity index (χ2v) is 5.80. The van der Waals surface area contributed by atoms with Gasteiger partial charge in [0.25, 0.3) is 5.91 Å². The molecule has 4 nitrogen and oxygen atoms in total. The third-order valence-electron chi connectivity index (χ3n) is 3.02. The Labute approximate surface area is 128 Å². The predicted molar refractivity (Wildman–Crippen MR) is 86.2 cm³/mol. The van der Waals surface area contributed by atoms with Crippen LogP contribution in [0.4, 0.5) is 5.69 Å². The van der Waals surface area contributed by atoms with Crippen LogP contribution < -0.4 is 5.32 Å². The molecule has 0 unspecified atom stereocenters. The van der Waals surface area contributed by atoms with Crippen LogP contribution in [0.2, 0.25) is 0 Å². The molecule has 0 aliphatic heterocycles. The molecule has 1 aromatic heterocycles. The van der Waals surface area contributed by atoms with E-state index in [9.17, 15) is 9.59 Å². The molecule has 5 heteroatoms. The average molecular weight is 302 g/mol. The number of ketones is 1. The van der Waals surface area contributed by atoms with Crippen molar-refractivity contribution >= 4 is 28.7 Å². The largest absolute Gasteiger partial charge is 0.385 e. The first kappa shape index (κ1) is 15.3. The molecule has 1 aromatic carbocycles. The molecule has 1 N–H and O–H groups in total. The summed E-state index contributed by atoms with van der Waals surface area (Å²) in [7, 11) is 3.45. The minimum absolute atomic E-state index is 0.0191. The van der Waals surface area contributed by atoms with Gasteiger partial charge in [-0.2, -0.15) is 0 Å². The lowest BCUT2D eigenvalue weighted by Crippen LogP contribution is -2.21. The quantitative estimate of drug-likeness (QED) is 0.834. The molecule has 0 aliphatic carbocycles. The zero-order chi connectivity index (χ0) is 15.2. The summed E-state index contributed by atoms with van der Waals surface area (Å²) >= 11 is 1.47. The highest BCUT2D eigenvalue weighted by atomic mass is 32.1. The highest BCUT2D eigenvalue weighted by Gasteiger charge is 2.08. The fraction of sp³-hybridized carbons (Fsp3) is 0.250. The number of rotatable bonds is 6. The van der Waals surface area contributed by atoms with Gasteiger partial charge in [0.2, 0.25) is 0 Å². The van der Waals surface area contributed by atoms with Gasteiger partial charge < -0.3 is 10.2 Å². The van der Waals surface area contributed by atoms with Gasteiger partial charge in [-0.25, -0.2) is 0 Å². The van der Waals surface area contributed by atoms with Crippen molar-refractivity contribution in [2.24, 2.45) is 0 Å². The fourth-order valence-electron chi connectivity index (χ4n) is 1.87. The fourth-order valence-corrected chi connectivity index (χ4v) is 2.56. The van der Waals surface area contributed by atoms with Crippen LogP contribution >= 0.6 is 11.3 Å². The van der Waals surface area contributed by atoms with Crippen LogP contribution in [0.3, 0.4) is 0 Å². The highest BCUT2D eigenvalue weighted by Crippen LogP contribution is 2.13. The molecule has 110 valence electrons. The van der Waals surface area contributed by atoms with Crippen LogP contribution in [-0.4, -0.2) is 37.2 Å². The molecule has 1 heterocycles. The third-order valence-corrected chi connectivity index (χ3v) is 3.93. The number of carbonyl (C=O) groups excluding carboxylic acids is 2. The first-order valence-corrected chi connectivity index (χ1v) is 7.58. The van der Waals surface area contributed by atoms with E-state index < -0.39 is 0 Å². The van der Waals surface area contributed by atoms with Gasteiger partial charge >= 0.3 is 0 Å². The number of amides is 1. The van der Waals surface area contributed by atoms with Crippen molar-refractivity contribution in [2.75, 3.05) is 26.0 Å². The van der Waals surface area contributed by atoms with E-state index in [0.29, 0.717) is 18.5 Å². The number of nitrogens with one attached hydrogen (secondary N) is 1. The van der Waals surface area contributed by atoms with Gasteiger partial charge in [-0.15, -0.1) is 11.3 Å². The molecule has 2 rings (SSSR count). The molecule has 0 saturated heterocycles. The maximum atomic E-state index is 11.8. The first-order valence-electron chi connectivity index (χ1n) is 6.70. The van der Waals surface area contributed by atoms with Crippen molar-refractivity contribution in [3.63, 3.8) is 0 Å². The van der Waals surface area contributed by atoms with Crippen LogP contribution in [-0.2, 0) is 0 Å². The maximum absolute atomic E-state index is 11.8. The molecule has 1 amide bonds. The molecular weight excluding hydrogens is 284 g/mol. The summed E-state index contributed by atoms with van der Waals surface area (Å²) in [5.74, 6) is 0.131. The normalized spacial score (nSPS) is 10.2. The Kier molecular flexibility index (Phi) is 5.11. The van der Waals surface area contributed by atoms with E-state index in [-0.39, 0.29) is 11.7 Å². The second-order valence-electron chi connectivity index (χ2n) is 4.85. The summed E-state index contributed by atoms with van der Waals surface area (Å²) in [6, 6.07) is 11.0. The molecular formula is C16H18N2O2S. The lowest BCUT2D eigenvalue weighted by atomic mass is 10.2. The van der Waals surface area contributed by atoms with Crippen LogP contribution in [0, 0.1) is 0 Å². The molecule has 0 aliphatic rings. The highest BCUT2D eigenvalue weighted by molar-refractivity contribution is 7.12. The summed E-state index contributed by atoms with van der Waals surface area (Å²) in [5, 5.41) is 5.10. The standard InChI is InChI=1S/C16H18N2O2S/c1-18(2)16(20)12-5-7-13(8-6-12)17-10-9-14(19)15-4-3-11-21-15/h3-8,11,17H,9-10H2,1-2H3. The Hall–Kier alpha value is -2.14. The van der Waals surface area contributed by atoms with Gasteiger partial charge in [-0.3, -0.25) is 9.59 Å². The minimum atomic E-state index is -0.0191. The van der Waals surface area contributed by atoms with E-state index in [0.717, 1.165) is 10.6 Å². The topological polar surface area (TPSA) is 49.4 Å². The smallest absolute Gasteiger partial charge is 0.253 e. The van der Waals surface area contributed by atoms with Gasteiger partial charge in [-0.05, 0) is 35.7 Å². The molecule has 0 fully saturated rings. The van der Waals surface area contributed by atoms with Gasteiger partial charge in [0.05, 0.1) is 4.88 Å². The van der Waals surface area contributed by atoms with E-state index >= 15 is 0 Å². The van der Waals surface area contributed by atoms with E-state index in [4.69, 9.17) is 0 Å². The monoisotopic (exact) mass is 302 g/mol. The molecule has 0 atom stereocenters. The molecule has 21 heavy (non-hydrogen) atoms.